The van der Waals surface area contributed by atoms with Crippen molar-refractivity contribution in [3.05, 3.63) is 94.3 Å². The van der Waals surface area contributed by atoms with E-state index in [1.807, 2.05) is 41.8 Å². The summed E-state index contributed by atoms with van der Waals surface area (Å²) in [5.41, 5.74) is 3.18. The first kappa shape index (κ1) is 27.0. The van der Waals surface area contributed by atoms with Gasteiger partial charge in [0.25, 0.3) is 0 Å². The van der Waals surface area contributed by atoms with Gasteiger partial charge in [0.15, 0.2) is 0 Å². The molecule has 4 aromatic rings. The third kappa shape index (κ3) is 6.95. The van der Waals surface area contributed by atoms with Crippen molar-refractivity contribution >= 4 is 47.1 Å². The van der Waals surface area contributed by atoms with Gasteiger partial charge in [-0.1, -0.05) is 71.9 Å². The first-order valence-electron chi connectivity index (χ1n) is 10.6. The Morgan fingerprint density at radius 2 is 1.81 bits per heavy atom. The molecule has 0 saturated carbocycles. The molecular formula is C27H22ClN3O3S2. The lowest BCUT2D eigenvalue weighted by molar-refractivity contribution is -0.136. The summed E-state index contributed by atoms with van der Waals surface area (Å²) in [6, 6.07) is 24.2. The highest BCUT2D eigenvalue weighted by molar-refractivity contribution is 8.00. The maximum Gasteiger partial charge on any atom is 0.321 e. The van der Waals surface area contributed by atoms with Gasteiger partial charge in [-0.25, -0.2) is 4.98 Å². The maximum atomic E-state index is 12.1. The number of thioether (sulfide) groups is 1. The van der Waals surface area contributed by atoms with Crippen LogP contribution in [0.5, 0.6) is 0 Å². The molecule has 1 atom stereocenters. The van der Waals surface area contributed by atoms with E-state index in [9.17, 15) is 20.0 Å². The van der Waals surface area contributed by atoms with Gasteiger partial charge in [-0.3, -0.25) is 9.59 Å². The van der Waals surface area contributed by atoms with E-state index < -0.39 is 11.2 Å². The molecule has 0 spiro atoms. The number of nitrogens with zero attached hydrogens (tertiary/aromatic N) is 3. The molecule has 36 heavy (non-hydrogen) atoms. The topological polar surface area (TPSA) is 94.3 Å². The highest BCUT2D eigenvalue weighted by Crippen LogP contribution is 2.41. The monoisotopic (exact) mass is 535 g/mol. The fourth-order valence-corrected chi connectivity index (χ4v) is 4.98. The van der Waals surface area contributed by atoms with Gasteiger partial charge in [-0.2, -0.15) is 5.26 Å². The fourth-order valence-electron chi connectivity index (χ4n) is 3.12. The largest absolute Gasteiger partial charge is 0.480 e. The second-order valence-corrected chi connectivity index (χ2v) is 10.1. The van der Waals surface area contributed by atoms with Gasteiger partial charge >= 0.3 is 5.97 Å². The molecule has 2 aromatic carbocycles. The van der Waals surface area contributed by atoms with Crippen LogP contribution in [0.3, 0.4) is 0 Å². The van der Waals surface area contributed by atoms with Crippen LogP contribution in [0.1, 0.15) is 16.4 Å². The quantitative estimate of drug-likeness (QED) is 0.211. The zero-order valence-corrected chi connectivity index (χ0v) is 21.8. The third-order valence-electron chi connectivity index (χ3n) is 4.79. The number of nitriles is 1. The van der Waals surface area contributed by atoms with Gasteiger partial charge in [0.2, 0.25) is 6.41 Å². The third-order valence-corrected chi connectivity index (χ3v) is 7.17. The summed E-state index contributed by atoms with van der Waals surface area (Å²) in [5, 5.41) is 21.9. The zero-order chi connectivity index (χ0) is 26.1. The Morgan fingerprint density at radius 3 is 2.33 bits per heavy atom. The number of carboxylic acids is 1. The molecule has 0 aliphatic heterocycles. The Bertz CT molecular complexity index is 1350. The van der Waals surface area contributed by atoms with E-state index >= 15 is 0 Å². The molecule has 4 rings (SSSR count). The lowest BCUT2D eigenvalue weighted by Gasteiger charge is -2.16. The van der Waals surface area contributed by atoms with Crippen LogP contribution in [0.2, 0.25) is 5.02 Å². The van der Waals surface area contributed by atoms with Crippen molar-refractivity contribution < 1.29 is 14.7 Å². The van der Waals surface area contributed by atoms with Crippen molar-refractivity contribution in [1.29, 1.82) is 5.26 Å². The summed E-state index contributed by atoms with van der Waals surface area (Å²) in [7, 11) is 3.38. The summed E-state index contributed by atoms with van der Waals surface area (Å²) < 4.78 is 0. The minimum atomic E-state index is -0.989. The molecule has 0 fully saturated rings. The number of benzene rings is 2. The minimum absolute atomic E-state index is 0.342. The van der Waals surface area contributed by atoms with Crippen LogP contribution in [-0.4, -0.2) is 41.5 Å². The average Bonchev–Trinajstić information content (AvgIpc) is 3.43. The van der Waals surface area contributed by atoms with Crippen LogP contribution < -0.4 is 0 Å². The summed E-state index contributed by atoms with van der Waals surface area (Å²) in [6.07, 6.45) is 0.750. The van der Waals surface area contributed by atoms with Gasteiger partial charge in [0.1, 0.15) is 16.3 Å². The lowest BCUT2D eigenvalue weighted by Crippen LogP contribution is -2.09. The van der Waals surface area contributed by atoms with E-state index in [1.54, 1.807) is 50.5 Å². The van der Waals surface area contributed by atoms with E-state index in [1.165, 1.54) is 16.2 Å². The van der Waals surface area contributed by atoms with Gasteiger partial charge in [-0.15, -0.1) is 11.3 Å². The molecule has 2 heterocycles. The van der Waals surface area contributed by atoms with Crippen LogP contribution >= 0.6 is 34.7 Å². The molecule has 0 aliphatic carbocycles. The lowest BCUT2D eigenvalue weighted by atomic mass is 10.0. The summed E-state index contributed by atoms with van der Waals surface area (Å²) in [5.74, 6) is -0.989. The van der Waals surface area contributed by atoms with Gasteiger partial charge in [0.05, 0.1) is 16.1 Å². The van der Waals surface area contributed by atoms with Crippen LogP contribution in [-0.2, 0) is 9.59 Å². The van der Waals surface area contributed by atoms with E-state index in [0.29, 0.717) is 32.4 Å². The summed E-state index contributed by atoms with van der Waals surface area (Å²) >= 11 is 8.65. The molecule has 0 saturated heterocycles. The Kier molecular flexibility index (Phi) is 9.65. The molecule has 1 amide bonds. The van der Waals surface area contributed by atoms with Gasteiger partial charge in [0, 0.05) is 24.7 Å². The fraction of sp³-hybridized carbons (Fsp3) is 0.111. The molecule has 0 aliphatic rings. The van der Waals surface area contributed by atoms with Gasteiger partial charge < -0.3 is 10.0 Å². The van der Waals surface area contributed by atoms with Gasteiger partial charge in [-0.05, 0) is 40.8 Å². The Balaban J connectivity index is 0.000000658. The Hall–Kier alpha value is -3.64. The molecule has 0 bridgehead atoms. The predicted molar refractivity (Wildman–Crippen MR) is 145 cm³/mol. The molecule has 1 N–H and O–H groups in total. The number of aliphatic carboxylic acids is 1. The second kappa shape index (κ2) is 12.9. The number of aromatic nitrogens is 1. The number of amides is 1. The summed E-state index contributed by atoms with van der Waals surface area (Å²) in [4.78, 5) is 28.6. The molecule has 0 radical (unpaired) electrons. The number of hydrogen-bond acceptors (Lipinski definition) is 6. The standard InChI is InChI=1S/C24H15ClN2O2S2.C3H7NO/c25-17-10-8-15(9-11-17)18-13-20(21-7-4-12-30-21)27-23(19(18)14-26)31-22(24(28)29)16-5-2-1-3-6-16;1-4(2)3-5/h1-13,22H,(H,28,29);3H,1-2H3. The van der Waals surface area contributed by atoms with Crippen molar-refractivity contribution in [3.63, 3.8) is 0 Å². The van der Waals surface area contributed by atoms with Crippen molar-refractivity contribution in [2.24, 2.45) is 0 Å². The maximum absolute atomic E-state index is 12.1. The predicted octanol–water partition coefficient (Wildman–Crippen LogP) is 6.62. The Morgan fingerprint density at radius 1 is 1.14 bits per heavy atom. The number of pyridine rings is 1. The van der Waals surface area contributed by atoms with Crippen molar-refractivity contribution in [1.82, 2.24) is 9.88 Å². The minimum Gasteiger partial charge on any atom is -0.480 e. The second-order valence-electron chi connectivity index (χ2n) is 7.65. The molecule has 1 unspecified atom stereocenters. The average molecular weight is 536 g/mol. The molecule has 6 nitrogen and oxygen atoms in total. The van der Waals surface area contributed by atoms with E-state index in [4.69, 9.17) is 16.6 Å². The molecular weight excluding hydrogens is 514 g/mol. The van der Waals surface area contributed by atoms with Crippen molar-refractivity contribution in [2.75, 3.05) is 14.1 Å². The van der Waals surface area contributed by atoms with Crippen LogP contribution in [0.25, 0.3) is 21.7 Å². The van der Waals surface area contributed by atoms with E-state index in [0.717, 1.165) is 28.6 Å². The SMILES string of the molecule is CN(C)C=O.N#Cc1c(-c2ccc(Cl)cc2)cc(-c2cccs2)nc1SC(C(=O)O)c1ccccc1. The number of carbonyl (C=O) groups excluding carboxylic acids is 1. The number of hydrogen-bond donors (Lipinski definition) is 1. The summed E-state index contributed by atoms with van der Waals surface area (Å²) in [6.45, 7) is 0. The number of thiophene rings is 1. The van der Waals surface area contributed by atoms with Crippen LogP contribution in [0.4, 0.5) is 0 Å². The van der Waals surface area contributed by atoms with E-state index in [-0.39, 0.29) is 0 Å². The van der Waals surface area contributed by atoms with Crippen LogP contribution in [0.15, 0.2) is 83.2 Å². The molecule has 2 aromatic heterocycles. The van der Waals surface area contributed by atoms with Crippen molar-refractivity contribution in [3.8, 4) is 27.8 Å². The normalized spacial score (nSPS) is 10.9. The number of carbonyl (C=O) groups is 2. The smallest absolute Gasteiger partial charge is 0.321 e. The first-order chi connectivity index (χ1) is 17.3. The van der Waals surface area contributed by atoms with Crippen molar-refractivity contribution in [2.45, 2.75) is 10.3 Å². The number of rotatable bonds is 7. The highest BCUT2D eigenvalue weighted by Gasteiger charge is 2.25. The van der Waals surface area contributed by atoms with Crippen LogP contribution in [0, 0.1) is 11.3 Å². The first-order valence-corrected chi connectivity index (χ1v) is 12.8. The number of halogens is 1. The zero-order valence-electron chi connectivity index (χ0n) is 19.5. The number of carboxylic acid groups (broad SMARTS) is 1. The highest BCUT2D eigenvalue weighted by atomic mass is 35.5. The van der Waals surface area contributed by atoms with E-state index in [2.05, 4.69) is 6.07 Å². The molecule has 182 valence electrons. The Labute approximate surface area is 222 Å². The molecule has 9 heteroatoms.